The van der Waals surface area contributed by atoms with Crippen molar-refractivity contribution in [2.24, 2.45) is 0 Å². The van der Waals surface area contributed by atoms with E-state index in [0.29, 0.717) is 10.7 Å². The van der Waals surface area contributed by atoms with Crippen molar-refractivity contribution in [3.8, 4) is 11.5 Å². The number of aromatic nitrogens is 3. The molecular weight excluding hydrogens is 438 g/mol. The van der Waals surface area contributed by atoms with Crippen molar-refractivity contribution in [2.75, 3.05) is 26.2 Å². The molecule has 1 atom stereocenters. The van der Waals surface area contributed by atoms with E-state index in [0.717, 1.165) is 69.9 Å². The fraction of sp³-hybridized carbons (Fsp3) is 0.400. The van der Waals surface area contributed by atoms with Crippen LogP contribution in [0.1, 0.15) is 47.8 Å². The molecule has 2 aliphatic rings. The van der Waals surface area contributed by atoms with Gasteiger partial charge in [-0.15, -0.1) is 5.10 Å². The van der Waals surface area contributed by atoms with E-state index >= 15 is 0 Å². The Morgan fingerprint density at radius 1 is 1.03 bits per heavy atom. The summed E-state index contributed by atoms with van der Waals surface area (Å²) in [6.07, 6.45) is 6.10. The molecule has 7 nitrogen and oxygen atoms in total. The van der Waals surface area contributed by atoms with Crippen molar-refractivity contribution in [3.63, 3.8) is 0 Å². The average molecular weight is 466 g/mol. The fourth-order valence-electron chi connectivity index (χ4n) is 4.63. The molecule has 0 spiro atoms. The summed E-state index contributed by atoms with van der Waals surface area (Å²) in [6, 6.07) is 15.8. The SMILES string of the molecule is O=C(c1cn(C2CCCN(Cc3cccc(Oc4ccc(Cl)cc4)c3)C2)nn1)N1CCCC1. The minimum absolute atomic E-state index is 0.00363. The summed E-state index contributed by atoms with van der Waals surface area (Å²) in [4.78, 5) is 16.9. The molecule has 8 heteroatoms. The molecule has 1 aromatic heterocycles. The molecule has 0 saturated carbocycles. The van der Waals surface area contributed by atoms with E-state index in [4.69, 9.17) is 16.3 Å². The van der Waals surface area contributed by atoms with E-state index in [1.54, 1.807) is 0 Å². The largest absolute Gasteiger partial charge is 0.457 e. The molecule has 3 heterocycles. The van der Waals surface area contributed by atoms with Gasteiger partial charge in [-0.2, -0.15) is 0 Å². The standard InChI is InChI=1S/C25H28ClN5O2/c26-20-8-10-22(11-9-20)33-23-7-3-5-19(15-23)16-29-12-4-6-21(17-29)31-18-24(27-28-31)25(32)30-13-1-2-14-30/h3,5,7-11,15,18,21H,1-2,4,6,12-14,16-17H2. The Kier molecular flexibility index (Phi) is 6.60. The van der Waals surface area contributed by atoms with Gasteiger partial charge in [0.1, 0.15) is 11.5 Å². The first kappa shape index (κ1) is 21.9. The van der Waals surface area contributed by atoms with Gasteiger partial charge in [-0.3, -0.25) is 9.69 Å². The lowest BCUT2D eigenvalue weighted by Gasteiger charge is -2.32. The second kappa shape index (κ2) is 9.93. The van der Waals surface area contributed by atoms with Gasteiger partial charge in [-0.25, -0.2) is 4.68 Å². The number of ether oxygens (including phenoxy) is 1. The topological polar surface area (TPSA) is 63.5 Å². The molecular formula is C25H28ClN5O2. The highest BCUT2D eigenvalue weighted by molar-refractivity contribution is 6.30. The molecule has 172 valence electrons. The van der Waals surface area contributed by atoms with Gasteiger partial charge in [0.25, 0.3) is 5.91 Å². The number of amides is 1. The second-order valence-electron chi connectivity index (χ2n) is 8.82. The highest BCUT2D eigenvalue weighted by Crippen LogP contribution is 2.26. The summed E-state index contributed by atoms with van der Waals surface area (Å²) in [7, 11) is 0. The molecule has 1 amide bonds. The van der Waals surface area contributed by atoms with Gasteiger partial charge >= 0.3 is 0 Å². The van der Waals surface area contributed by atoms with E-state index in [2.05, 4.69) is 27.3 Å². The molecule has 0 aliphatic carbocycles. The molecule has 2 fully saturated rings. The summed E-state index contributed by atoms with van der Waals surface area (Å²) < 4.78 is 7.87. The van der Waals surface area contributed by atoms with Crippen LogP contribution >= 0.6 is 11.6 Å². The lowest BCUT2D eigenvalue weighted by Crippen LogP contribution is -2.36. The number of hydrogen-bond acceptors (Lipinski definition) is 5. The van der Waals surface area contributed by atoms with Gasteiger partial charge in [0.15, 0.2) is 5.69 Å². The van der Waals surface area contributed by atoms with Gasteiger partial charge in [0, 0.05) is 31.2 Å². The number of rotatable bonds is 6. The van der Waals surface area contributed by atoms with Crippen LogP contribution in [0.3, 0.4) is 0 Å². The zero-order valence-corrected chi connectivity index (χ0v) is 19.3. The quantitative estimate of drug-likeness (QED) is 0.523. The number of piperidine rings is 1. The Balaban J connectivity index is 1.21. The number of hydrogen-bond donors (Lipinski definition) is 0. The fourth-order valence-corrected chi connectivity index (χ4v) is 4.76. The van der Waals surface area contributed by atoms with Crippen LogP contribution in [0.25, 0.3) is 0 Å². The van der Waals surface area contributed by atoms with E-state index in [-0.39, 0.29) is 11.9 Å². The minimum Gasteiger partial charge on any atom is -0.457 e. The van der Waals surface area contributed by atoms with E-state index < -0.39 is 0 Å². The lowest BCUT2D eigenvalue weighted by molar-refractivity contribution is 0.0787. The first-order valence-corrected chi connectivity index (χ1v) is 12.0. The van der Waals surface area contributed by atoms with Crippen LogP contribution < -0.4 is 4.74 Å². The van der Waals surface area contributed by atoms with Crippen LogP contribution in [-0.2, 0) is 6.54 Å². The maximum Gasteiger partial charge on any atom is 0.276 e. The average Bonchev–Trinajstić information content (AvgIpc) is 3.54. The van der Waals surface area contributed by atoms with Crippen LogP contribution in [-0.4, -0.2) is 56.9 Å². The van der Waals surface area contributed by atoms with Crippen molar-refractivity contribution < 1.29 is 9.53 Å². The summed E-state index contributed by atoms with van der Waals surface area (Å²) in [5, 5.41) is 9.17. The number of carbonyl (C=O) groups is 1. The van der Waals surface area contributed by atoms with Crippen molar-refractivity contribution in [2.45, 2.75) is 38.3 Å². The van der Waals surface area contributed by atoms with Gasteiger partial charge in [0.05, 0.1) is 12.2 Å². The van der Waals surface area contributed by atoms with Gasteiger partial charge in [-0.1, -0.05) is 28.9 Å². The summed E-state index contributed by atoms with van der Waals surface area (Å²) in [5.74, 6) is 1.58. The van der Waals surface area contributed by atoms with Gasteiger partial charge in [0.2, 0.25) is 0 Å². The second-order valence-corrected chi connectivity index (χ2v) is 9.25. The van der Waals surface area contributed by atoms with Gasteiger partial charge < -0.3 is 9.64 Å². The maximum absolute atomic E-state index is 12.6. The molecule has 33 heavy (non-hydrogen) atoms. The third kappa shape index (κ3) is 5.37. The molecule has 1 unspecified atom stereocenters. The maximum atomic E-state index is 12.6. The van der Waals surface area contributed by atoms with Crippen molar-refractivity contribution in [3.05, 3.63) is 71.0 Å². The van der Waals surface area contributed by atoms with E-state index in [1.807, 2.05) is 52.2 Å². The number of nitrogens with zero attached hydrogens (tertiary/aromatic N) is 5. The van der Waals surface area contributed by atoms with Gasteiger partial charge in [-0.05, 0) is 74.2 Å². The zero-order chi connectivity index (χ0) is 22.6. The highest BCUT2D eigenvalue weighted by Gasteiger charge is 2.26. The molecule has 2 aromatic carbocycles. The summed E-state index contributed by atoms with van der Waals surface area (Å²) in [6.45, 7) is 4.39. The normalized spacial score (nSPS) is 19.1. The first-order valence-electron chi connectivity index (χ1n) is 11.6. The summed E-state index contributed by atoms with van der Waals surface area (Å²) >= 11 is 5.96. The molecule has 2 aliphatic heterocycles. The third-order valence-corrected chi connectivity index (χ3v) is 6.58. The van der Waals surface area contributed by atoms with Crippen molar-refractivity contribution >= 4 is 17.5 Å². The predicted octanol–water partition coefficient (Wildman–Crippen LogP) is 4.80. The number of likely N-dealkylation sites (tertiary alicyclic amines) is 2. The zero-order valence-electron chi connectivity index (χ0n) is 18.6. The summed E-state index contributed by atoms with van der Waals surface area (Å²) in [5.41, 5.74) is 1.66. The van der Waals surface area contributed by atoms with Crippen molar-refractivity contribution in [1.82, 2.24) is 24.8 Å². The van der Waals surface area contributed by atoms with E-state index in [1.165, 1.54) is 5.56 Å². The lowest BCUT2D eigenvalue weighted by atomic mass is 10.0. The Morgan fingerprint density at radius 2 is 1.85 bits per heavy atom. The third-order valence-electron chi connectivity index (χ3n) is 6.33. The molecule has 3 aromatic rings. The monoisotopic (exact) mass is 465 g/mol. The van der Waals surface area contributed by atoms with Crippen LogP contribution in [0.4, 0.5) is 0 Å². The minimum atomic E-state index is 0.00363. The molecule has 0 bridgehead atoms. The first-order chi connectivity index (χ1) is 16.1. The number of halogens is 1. The van der Waals surface area contributed by atoms with Crippen LogP contribution in [0, 0.1) is 0 Å². The predicted molar refractivity (Wildman–Crippen MR) is 127 cm³/mol. The molecule has 0 N–H and O–H groups in total. The van der Waals surface area contributed by atoms with Crippen LogP contribution in [0.2, 0.25) is 5.02 Å². The van der Waals surface area contributed by atoms with Crippen LogP contribution in [0.5, 0.6) is 11.5 Å². The Morgan fingerprint density at radius 3 is 2.67 bits per heavy atom. The van der Waals surface area contributed by atoms with Crippen molar-refractivity contribution in [1.29, 1.82) is 0 Å². The van der Waals surface area contributed by atoms with E-state index in [9.17, 15) is 4.79 Å². The Labute approximate surface area is 198 Å². The number of benzene rings is 2. The Bertz CT molecular complexity index is 1090. The molecule has 0 radical (unpaired) electrons. The molecule has 2 saturated heterocycles. The highest BCUT2D eigenvalue weighted by atomic mass is 35.5. The smallest absolute Gasteiger partial charge is 0.276 e. The number of carbonyl (C=O) groups excluding carboxylic acids is 1. The molecule has 5 rings (SSSR count). The Hall–Kier alpha value is -2.90. The van der Waals surface area contributed by atoms with Crippen LogP contribution in [0.15, 0.2) is 54.7 Å².